The number of aryl methyl sites for hydroxylation is 2. The minimum atomic E-state index is -0.640. The molecule has 4 amide bonds. The van der Waals surface area contributed by atoms with Gasteiger partial charge in [0.25, 0.3) is 5.91 Å². The van der Waals surface area contributed by atoms with Gasteiger partial charge in [-0.05, 0) is 48.9 Å². The van der Waals surface area contributed by atoms with Gasteiger partial charge in [0.05, 0.1) is 12.1 Å². The number of nitrogens with one attached hydrogen (secondary N) is 2. The van der Waals surface area contributed by atoms with E-state index in [4.69, 9.17) is 11.6 Å². The number of amides is 4. The Bertz CT molecular complexity index is 1170. The van der Waals surface area contributed by atoms with Gasteiger partial charge in [-0.15, -0.1) is 11.3 Å². The Balaban J connectivity index is 1.36. The quantitative estimate of drug-likeness (QED) is 0.565. The highest BCUT2D eigenvalue weighted by atomic mass is 35.5. The second kappa shape index (κ2) is 9.50. The number of thiophene rings is 1. The first kappa shape index (κ1) is 24.4. The molecule has 180 valence electrons. The zero-order valence-electron chi connectivity index (χ0n) is 19.5. The Morgan fingerprint density at radius 2 is 2.06 bits per heavy atom. The first-order valence-electron chi connectivity index (χ1n) is 11.3. The third-order valence-corrected chi connectivity index (χ3v) is 8.12. The Hall–Kier alpha value is -2.71. The molecule has 0 aliphatic carbocycles. The van der Waals surface area contributed by atoms with Crippen LogP contribution in [-0.4, -0.2) is 34.6 Å². The molecule has 1 aromatic carbocycles. The maximum atomic E-state index is 13.0. The zero-order valence-corrected chi connectivity index (χ0v) is 21.1. The smallest absolute Gasteiger partial charge is 0.256 e. The summed E-state index contributed by atoms with van der Waals surface area (Å²) in [4.78, 5) is 51.9. The standard InChI is InChI=1S/C25H28ClN3O4S/c1-14-4-5-15(10-18(14)26)8-9-25(2,3)24(33)27-11-20-16-12-29(23(32)17(16)13-34-20)19-6-7-21(30)28-22(19)31/h4-5,10,13,19H,6-9,11-12H2,1-3H3,(H,27,33)(H,28,30,31)/t19-/m0/s1. The van der Waals surface area contributed by atoms with Crippen LogP contribution in [0.15, 0.2) is 23.6 Å². The number of carbonyl (C=O) groups excluding carboxylic acids is 4. The van der Waals surface area contributed by atoms with Gasteiger partial charge in [-0.3, -0.25) is 24.5 Å². The van der Waals surface area contributed by atoms with E-state index in [1.165, 1.54) is 16.2 Å². The SMILES string of the molecule is Cc1ccc(CCC(C)(C)C(=O)NCc2scc3c2CN([C@H]2CCC(=O)NC2=O)C3=O)cc1Cl. The van der Waals surface area contributed by atoms with Crippen molar-refractivity contribution in [1.29, 1.82) is 0 Å². The van der Waals surface area contributed by atoms with Crippen molar-refractivity contribution in [1.82, 2.24) is 15.5 Å². The number of benzene rings is 1. The van der Waals surface area contributed by atoms with Gasteiger partial charge in [-0.2, -0.15) is 0 Å². The fraction of sp³-hybridized carbons (Fsp3) is 0.440. The molecule has 0 bridgehead atoms. The van der Waals surface area contributed by atoms with Crippen molar-refractivity contribution in [2.45, 2.75) is 65.6 Å². The molecule has 4 rings (SSSR count). The van der Waals surface area contributed by atoms with Crippen LogP contribution in [0.1, 0.15) is 65.0 Å². The third kappa shape index (κ3) is 4.88. The highest BCUT2D eigenvalue weighted by Crippen LogP contribution is 2.34. The normalized spacial score (nSPS) is 18.2. The highest BCUT2D eigenvalue weighted by molar-refractivity contribution is 7.10. The van der Waals surface area contributed by atoms with Crippen LogP contribution in [-0.2, 0) is 33.9 Å². The molecule has 0 spiro atoms. The predicted octanol–water partition coefficient (Wildman–Crippen LogP) is 3.75. The number of hydrogen-bond acceptors (Lipinski definition) is 5. The first-order chi connectivity index (χ1) is 16.1. The topological polar surface area (TPSA) is 95.6 Å². The predicted molar refractivity (Wildman–Crippen MR) is 131 cm³/mol. The minimum absolute atomic E-state index is 0.0563. The van der Waals surface area contributed by atoms with Crippen molar-refractivity contribution < 1.29 is 19.2 Å². The van der Waals surface area contributed by atoms with Gasteiger partial charge in [0, 0.05) is 33.7 Å². The Labute approximate surface area is 207 Å². The molecule has 2 aliphatic rings. The lowest BCUT2D eigenvalue weighted by molar-refractivity contribution is -0.137. The number of carbonyl (C=O) groups is 4. The second-order valence-electron chi connectivity index (χ2n) is 9.60. The van der Waals surface area contributed by atoms with Crippen LogP contribution >= 0.6 is 22.9 Å². The van der Waals surface area contributed by atoms with E-state index in [0.29, 0.717) is 31.5 Å². The molecule has 0 saturated carbocycles. The van der Waals surface area contributed by atoms with E-state index >= 15 is 0 Å². The molecule has 34 heavy (non-hydrogen) atoms. The summed E-state index contributed by atoms with van der Waals surface area (Å²) in [6.07, 6.45) is 1.96. The Morgan fingerprint density at radius 3 is 2.76 bits per heavy atom. The lowest BCUT2D eigenvalue weighted by atomic mass is 9.85. The maximum absolute atomic E-state index is 13.0. The van der Waals surface area contributed by atoms with E-state index in [1.807, 2.05) is 39.0 Å². The van der Waals surface area contributed by atoms with Crippen LogP contribution in [0.4, 0.5) is 0 Å². The van der Waals surface area contributed by atoms with Gasteiger partial charge < -0.3 is 10.2 Å². The zero-order chi connectivity index (χ0) is 24.6. The number of nitrogens with zero attached hydrogens (tertiary/aromatic N) is 1. The van der Waals surface area contributed by atoms with E-state index in [1.54, 1.807) is 5.38 Å². The summed E-state index contributed by atoms with van der Waals surface area (Å²) in [6.45, 7) is 6.45. The number of halogens is 1. The average molecular weight is 502 g/mol. The number of hydrogen-bond donors (Lipinski definition) is 2. The molecular weight excluding hydrogens is 474 g/mol. The van der Waals surface area contributed by atoms with Crippen molar-refractivity contribution in [2.75, 3.05) is 0 Å². The molecule has 7 nitrogen and oxygen atoms in total. The summed E-state index contributed by atoms with van der Waals surface area (Å²) >= 11 is 7.66. The van der Waals surface area contributed by atoms with Gasteiger partial charge in [-0.1, -0.05) is 37.6 Å². The van der Waals surface area contributed by atoms with E-state index in [2.05, 4.69) is 10.6 Å². The minimum Gasteiger partial charge on any atom is -0.351 e. The van der Waals surface area contributed by atoms with Crippen molar-refractivity contribution in [2.24, 2.45) is 5.41 Å². The molecule has 9 heteroatoms. The molecule has 0 unspecified atom stereocenters. The van der Waals surface area contributed by atoms with Gasteiger partial charge in [0.2, 0.25) is 17.7 Å². The van der Waals surface area contributed by atoms with Crippen molar-refractivity contribution in [3.63, 3.8) is 0 Å². The molecule has 0 radical (unpaired) electrons. The van der Waals surface area contributed by atoms with Crippen LogP contribution in [0.3, 0.4) is 0 Å². The lowest BCUT2D eigenvalue weighted by Gasteiger charge is -2.29. The molecule has 2 aromatic rings. The molecule has 3 heterocycles. The van der Waals surface area contributed by atoms with Gasteiger partial charge >= 0.3 is 0 Å². The van der Waals surface area contributed by atoms with E-state index < -0.39 is 17.4 Å². The number of imide groups is 1. The fourth-order valence-corrected chi connectivity index (χ4v) is 5.49. The van der Waals surface area contributed by atoms with Crippen molar-refractivity contribution >= 4 is 46.6 Å². The van der Waals surface area contributed by atoms with Gasteiger partial charge in [-0.25, -0.2) is 0 Å². The number of fused-ring (bicyclic) bond motifs is 1. The largest absolute Gasteiger partial charge is 0.351 e. The molecule has 1 fully saturated rings. The van der Waals surface area contributed by atoms with E-state index in [0.717, 1.165) is 33.0 Å². The third-order valence-electron chi connectivity index (χ3n) is 6.69. The Kier molecular flexibility index (Phi) is 6.82. The fourth-order valence-electron chi connectivity index (χ4n) is 4.31. The maximum Gasteiger partial charge on any atom is 0.256 e. The Morgan fingerprint density at radius 1 is 1.29 bits per heavy atom. The molecule has 1 atom stereocenters. The second-order valence-corrected chi connectivity index (χ2v) is 11.0. The molecule has 1 aromatic heterocycles. The highest BCUT2D eigenvalue weighted by Gasteiger charge is 2.40. The summed E-state index contributed by atoms with van der Waals surface area (Å²) in [6, 6.07) is 5.33. The van der Waals surface area contributed by atoms with Crippen molar-refractivity contribution in [3.05, 3.63) is 55.7 Å². The van der Waals surface area contributed by atoms with Crippen LogP contribution in [0.2, 0.25) is 5.02 Å². The van der Waals surface area contributed by atoms with Crippen molar-refractivity contribution in [3.8, 4) is 0 Å². The molecule has 1 saturated heterocycles. The van der Waals surface area contributed by atoms with E-state index in [9.17, 15) is 19.2 Å². The average Bonchev–Trinajstić information content (AvgIpc) is 3.33. The molecule has 2 N–H and O–H groups in total. The summed E-state index contributed by atoms with van der Waals surface area (Å²) in [5.74, 6) is -0.988. The van der Waals surface area contributed by atoms with Crippen LogP contribution in [0, 0.1) is 12.3 Å². The monoisotopic (exact) mass is 501 g/mol. The molecule has 2 aliphatic heterocycles. The van der Waals surface area contributed by atoms with Gasteiger partial charge in [0.15, 0.2) is 0 Å². The lowest BCUT2D eigenvalue weighted by Crippen LogP contribution is -2.52. The summed E-state index contributed by atoms with van der Waals surface area (Å²) in [5, 5.41) is 7.86. The van der Waals surface area contributed by atoms with E-state index in [-0.39, 0.29) is 24.1 Å². The van der Waals surface area contributed by atoms with Crippen LogP contribution < -0.4 is 10.6 Å². The molecular formula is C25H28ClN3O4S. The van der Waals surface area contributed by atoms with Crippen LogP contribution in [0.25, 0.3) is 0 Å². The number of rotatable bonds is 7. The summed E-state index contributed by atoms with van der Waals surface area (Å²) in [5.41, 5.74) is 2.98. The first-order valence-corrected chi connectivity index (χ1v) is 12.6. The summed E-state index contributed by atoms with van der Waals surface area (Å²) < 4.78 is 0. The van der Waals surface area contributed by atoms with Crippen LogP contribution in [0.5, 0.6) is 0 Å². The van der Waals surface area contributed by atoms with Gasteiger partial charge in [0.1, 0.15) is 6.04 Å². The summed E-state index contributed by atoms with van der Waals surface area (Å²) in [7, 11) is 0. The number of piperidine rings is 1.